The summed E-state index contributed by atoms with van der Waals surface area (Å²) in [7, 11) is 0. The van der Waals surface area contributed by atoms with E-state index in [1.807, 2.05) is 37.3 Å². The number of nitrogens with zero attached hydrogens (tertiary/aromatic N) is 2. The second kappa shape index (κ2) is 7.61. The number of anilines is 2. The molecule has 146 valence electrons. The first-order valence-corrected chi connectivity index (χ1v) is 9.38. The number of hydroxylamine groups is 1. The highest BCUT2D eigenvalue weighted by Crippen LogP contribution is 2.40. The van der Waals surface area contributed by atoms with E-state index in [2.05, 4.69) is 0 Å². The Bertz CT molecular complexity index is 855. The standard InChI is InChI=1S/C21H22N2O5/c1-2-12-27-16-10-8-14(9-11-16)22-20(25)18-17(13-24)23(28-19(18)21(22)26)15-6-4-3-5-7-15/h3-11,17-19,24H,2,12-13H2,1H3. The normalized spacial score (nSPS) is 24.0. The number of imide groups is 1. The summed E-state index contributed by atoms with van der Waals surface area (Å²) in [4.78, 5) is 33.0. The van der Waals surface area contributed by atoms with E-state index in [0.29, 0.717) is 23.7 Å². The summed E-state index contributed by atoms with van der Waals surface area (Å²) in [6.45, 7) is 2.32. The van der Waals surface area contributed by atoms with Gasteiger partial charge >= 0.3 is 0 Å². The Kier molecular flexibility index (Phi) is 5.02. The molecule has 2 saturated heterocycles. The molecule has 3 unspecified atom stereocenters. The molecule has 4 rings (SSSR count). The molecule has 2 aliphatic rings. The Morgan fingerprint density at radius 3 is 2.36 bits per heavy atom. The van der Waals surface area contributed by atoms with Crippen molar-refractivity contribution in [1.29, 1.82) is 0 Å². The maximum absolute atomic E-state index is 13.1. The van der Waals surface area contributed by atoms with E-state index in [1.54, 1.807) is 24.3 Å². The Morgan fingerprint density at radius 2 is 1.71 bits per heavy atom. The molecule has 2 aliphatic heterocycles. The van der Waals surface area contributed by atoms with Crippen molar-refractivity contribution in [2.45, 2.75) is 25.5 Å². The van der Waals surface area contributed by atoms with E-state index in [4.69, 9.17) is 9.57 Å². The number of carbonyl (C=O) groups is 2. The topological polar surface area (TPSA) is 79.3 Å². The molecule has 2 amide bonds. The van der Waals surface area contributed by atoms with Gasteiger partial charge in [0.15, 0.2) is 6.10 Å². The highest BCUT2D eigenvalue weighted by molar-refractivity contribution is 6.23. The fourth-order valence-electron chi connectivity index (χ4n) is 3.67. The molecule has 0 aliphatic carbocycles. The van der Waals surface area contributed by atoms with E-state index >= 15 is 0 Å². The van der Waals surface area contributed by atoms with E-state index in [-0.39, 0.29) is 12.5 Å². The maximum Gasteiger partial charge on any atom is 0.266 e. The fourth-order valence-corrected chi connectivity index (χ4v) is 3.67. The van der Waals surface area contributed by atoms with Gasteiger partial charge in [-0.1, -0.05) is 25.1 Å². The molecule has 2 aromatic rings. The first-order valence-electron chi connectivity index (χ1n) is 9.38. The van der Waals surface area contributed by atoms with Crippen molar-refractivity contribution >= 4 is 23.2 Å². The molecule has 7 heteroatoms. The van der Waals surface area contributed by atoms with Gasteiger partial charge in [0.2, 0.25) is 5.91 Å². The molecular formula is C21H22N2O5. The second-order valence-corrected chi connectivity index (χ2v) is 6.82. The largest absolute Gasteiger partial charge is 0.494 e. The lowest BCUT2D eigenvalue weighted by Gasteiger charge is -2.27. The lowest BCUT2D eigenvalue weighted by molar-refractivity contribution is -0.126. The number of benzene rings is 2. The van der Waals surface area contributed by atoms with Crippen LogP contribution in [0.15, 0.2) is 54.6 Å². The van der Waals surface area contributed by atoms with Crippen LogP contribution in [-0.2, 0) is 14.4 Å². The minimum absolute atomic E-state index is 0.299. The summed E-state index contributed by atoms with van der Waals surface area (Å²) < 4.78 is 5.55. The third kappa shape index (κ3) is 3.02. The number of ether oxygens (including phenoxy) is 1. The van der Waals surface area contributed by atoms with Crippen LogP contribution in [0.5, 0.6) is 5.75 Å². The Morgan fingerprint density at radius 1 is 1.00 bits per heavy atom. The van der Waals surface area contributed by atoms with Crippen molar-refractivity contribution in [2.75, 3.05) is 23.2 Å². The first kappa shape index (κ1) is 18.5. The van der Waals surface area contributed by atoms with Crippen molar-refractivity contribution in [3.63, 3.8) is 0 Å². The van der Waals surface area contributed by atoms with Crippen LogP contribution in [0, 0.1) is 5.92 Å². The van der Waals surface area contributed by atoms with Crippen LogP contribution in [-0.4, -0.2) is 42.3 Å². The molecule has 2 heterocycles. The van der Waals surface area contributed by atoms with Gasteiger partial charge in [-0.3, -0.25) is 14.4 Å². The summed E-state index contributed by atoms with van der Waals surface area (Å²) >= 11 is 0. The van der Waals surface area contributed by atoms with Crippen molar-refractivity contribution < 1.29 is 24.3 Å². The van der Waals surface area contributed by atoms with E-state index in [0.717, 1.165) is 11.3 Å². The van der Waals surface area contributed by atoms with E-state index in [1.165, 1.54) is 5.06 Å². The van der Waals surface area contributed by atoms with Gasteiger partial charge in [0.1, 0.15) is 11.7 Å². The van der Waals surface area contributed by atoms with Gasteiger partial charge in [-0.2, -0.15) is 0 Å². The molecule has 2 fully saturated rings. The predicted octanol–water partition coefficient (Wildman–Crippen LogP) is 2.15. The van der Waals surface area contributed by atoms with Crippen molar-refractivity contribution in [3.8, 4) is 5.75 Å². The molecule has 1 N–H and O–H groups in total. The van der Waals surface area contributed by atoms with E-state index < -0.39 is 24.0 Å². The number of para-hydroxylation sites is 1. The zero-order chi connectivity index (χ0) is 19.7. The van der Waals surface area contributed by atoms with Crippen LogP contribution in [0.25, 0.3) is 0 Å². The highest BCUT2D eigenvalue weighted by Gasteiger charge is 2.59. The average Bonchev–Trinajstić information content (AvgIpc) is 3.23. The summed E-state index contributed by atoms with van der Waals surface area (Å²) in [5.74, 6) is -0.859. The average molecular weight is 382 g/mol. The Balaban J connectivity index is 1.57. The minimum atomic E-state index is -0.944. The van der Waals surface area contributed by atoms with Gasteiger partial charge in [-0.25, -0.2) is 9.96 Å². The minimum Gasteiger partial charge on any atom is -0.494 e. The van der Waals surface area contributed by atoms with E-state index in [9.17, 15) is 14.7 Å². The van der Waals surface area contributed by atoms with Crippen LogP contribution in [0.3, 0.4) is 0 Å². The van der Waals surface area contributed by atoms with Crippen LogP contribution in [0.4, 0.5) is 11.4 Å². The zero-order valence-electron chi connectivity index (χ0n) is 15.5. The number of hydrogen-bond acceptors (Lipinski definition) is 6. The first-order chi connectivity index (χ1) is 13.7. The van der Waals surface area contributed by atoms with Crippen molar-refractivity contribution in [3.05, 3.63) is 54.6 Å². The van der Waals surface area contributed by atoms with Gasteiger partial charge in [0.25, 0.3) is 5.91 Å². The quantitative estimate of drug-likeness (QED) is 0.772. The van der Waals surface area contributed by atoms with Crippen LogP contribution >= 0.6 is 0 Å². The molecule has 2 aromatic carbocycles. The number of amides is 2. The summed E-state index contributed by atoms with van der Waals surface area (Å²) in [5.41, 5.74) is 1.17. The number of aliphatic hydroxyl groups is 1. The number of aliphatic hydroxyl groups excluding tert-OH is 1. The lowest BCUT2D eigenvalue weighted by atomic mass is 9.97. The van der Waals surface area contributed by atoms with Gasteiger partial charge in [0, 0.05) is 0 Å². The molecule has 0 saturated carbocycles. The molecule has 28 heavy (non-hydrogen) atoms. The molecule has 7 nitrogen and oxygen atoms in total. The van der Waals surface area contributed by atoms with Crippen molar-refractivity contribution in [1.82, 2.24) is 0 Å². The molecule has 0 bridgehead atoms. The lowest BCUT2D eigenvalue weighted by Crippen LogP contribution is -2.42. The zero-order valence-corrected chi connectivity index (χ0v) is 15.5. The maximum atomic E-state index is 13.1. The smallest absolute Gasteiger partial charge is 0.266 e. The number of hydrogen-bond donors (Lipinski definition) is 1. The van der Waals surface area contributed by atoms with Crippen molar-refractivity contribution in [2.24, 2.45) is 5.92 Å². The number of fused-ring (bicyclic) bond motifs is 1. The molecular weight excluding hydrogens is 360 g/mol. The molecule has 0 spiro atoms. The molecule has 0 aromatic heterocycles. The summed E-state index contributed by atoms with van der Waals surface area (Å²) in [6.07, 6.45) is -0.0488. The third-order valence-corrected chi connectivity index (χ3v) is 5.00. The second-order valence-electron chi connectivity index (χ2n) is 6.82. The van der Waals surface area contributed by atoms with Gasteiger partial charge < -0.3 is 9.84 Å². The Hall–Kier alpha value is -2.90. The van der Waals surface area contributed by atoms with Crippen LogP contribution in [0.2, 0.25) is 0 Å². The molecule has 3 atom stereocenters. The Labute approximate surface area is 163 Å². The van der Waals surface area contributed by atoms with Crippen LogP contribution < -0.4 is 14.7 Å². The summed E-state index contributed by atoms with van der Waals surface area (Å²) in [6, 6.07) is 15.4. The fraction of sp³-hybridized carbons (Fsp3) is 0.333. The monoisotopic (exact) mass is 382 g/mol. The highest BCUT2D eigenvalue weighted by atomic mass is 16.7. The number of rotatable bonds is 6. The van der Waals surface area contributed by atoms with Crippen LogP contribution in [0.1, 0.15) is 13.3 Å². The van der Waals surface area contributed by atoms with Gasteiger partial charge in [0.05, 0.1) is 30.6 Å². The van der Waals surface area contributed by atoms with Gasteiger partial charge in [-0.15, -0.1) is 0 Å². The SMILES string of the molecule is CCCOc1ccc(N2C(=O)C3ON(c4ccccc4)C(CO)C3C2=O)cc1. The summed E-state index contributed by atoms with van der Waals surface area (Å²) in [5, 5.41) is 11.4. The van der Waals surface area contributed by atoms with Gasteiger partial charge in [-0.05, 0) is 42.8 Å². The predicted molar refractivity (Wildman–Crippen MR) is 103 cm³/mol. The number of carbonyl (C=O) groups excluding carboxylic acids is 2. The molecule has 0 radical (unpaired) electrons. The third-order valence-electron chi connectivity index (χ3n) is 5.00.